The monoisotopic (exact) mass is 397 g/mol. The van der Waals surface area contributed by atoms with Gasteiger partial charge >= 0.3 is 0 Å². The molecule has 0 spiro atoms. The average Bonchev–Trinajstić information content (AvgIpc) is 3.42. The van der Waals surface area contributed by atoms with Crippen molar-refractivity contribution < 1.29 is 0 Å². The van der Waals surface area contributed by atoms with Crippen molar-refractivity contribution in [2.75, 3.05) is 27.2 Å². The van der Waals surface area contributed by atoms with E-state index in [4.69, 9.17) is 12.2 Å². The molecule has 1 aliphatic heterocycles. The summed E-state index contributed by atoms with van der Waals surface area (Å²) in [5.74, 6) is 0. The van der Waals surface area contributed by atoms with Crippen molar-refractivity contribution in [3.05, 3.63) is 54.1 Å². The maximum absolute atomic E-state index is 5.79. The highest BCUT2D eigenvalue weighted by Crippen LogP contribution is 2.41. The van der Waals surface area contributed by atoms with Crippen LogP contribution in [-0.2, 0) is 0 Å². The first-order valence-corrected chi connectivity index (χ1v) is 10.9. The number of pyridine rings is 1. The van der Waals surface area contributed by atoms with Crippen LogP contribution in [0.2, 0.25) is 0 Å². The zero-order valence-corrected chi connectivity index (χ0v) is 17.7. The summed E-state index contributed by atoms with van der Waals surface area (Å²) in [6.07, 6.45) is 10.5. The SMILES string of the molecule is CN(C)CCCN1C(=S)N[C@@H](c2ccccn2)[C@H]1c1cccn1C1CCCC1. The molecule has 1 aliphatic carbocycles. The Morgan fingerprint density at radius 1 is 1.18 bits per heavy atom. The Labute approximate surface area is 173 Å². The molecule has 0 bridgehead atoms. The number of thiocarbonyl (C=S) groups is 1. The second kappa shape index (κ2) is 8.62. The van der Waals surface area contributed by atoms with E-state index in [-0.39, 0.29) is 12.1 Å². The number of hydrogen-bond acceptors (Lipinski definition) is 3. The van der Waals surface area contributed by atoms with Gasteiger partial charge in [-0.05, 0) is 76.4 Å². The summed E-state index contributed by atoms with van der Waals surface area (Å²) in [5.41, 5.74) is 2.42. The van der Waals surface area contributed by atoms with E-state index < -0.39 is 0 Å². The second-order valence-electron chi connectivity index (χ2n) is 8.26. The Balaban J connectivity index is 1.67. The van der Waals surface area contributed by atoms with Gasteiger partial charge in [0.2, 0.25) is 0 Å². The van der Waals surface area contributed by atoms with Gasteiger partial charge in [-0.1, -0.05) is 18.9 Å². The van der Waals surface area contributed by atoms with E-state index in [9.17, 15) is 0 Å². The minimum absolute atomic E-state index is 0.0862. The van der Waals surface area contributed by atoms with Crippen LogP contribution in [0.5, 0.6) is 0 Å². The molecule has 0 radical (unpaired) electrons. The molecule has 0 aromatic carbocycles. The van der Waals surface area contributed by atoms with Gasteiger partial charge in [0.25, 0.3) is 0 Å². The summed E-state index contributed by atoms with van der Waals surface area (Å²) in [6.45, 7) is 2.01. The predicted molar refractivity (Wildman–Crippen MR) is 117 cm³/mol. The molecule has 1 saturated heterocycles. The topological polar surface area (TPSA) is 36.3 Å². The third kappa shape index (κ3) is 3.94. The maximum Gasteiger partial charge on any atom is 0.170 e. The highest BCUT2D eigenvalue weighted by atomic mass is 32.1. The fraction of sp³-hybridized carbons (Fsp3) is 0.545. The lowest BCUT2D eigenvalue weighted by atomic mass is 10.0. The summed E-state index contributed by atoms with van der Waals surface area (Å²) < 4.78 is 2.52. The molecule has 2 aromatic heterocycles. The molecule has 2 fully saturated rings. The number of nitrogens with zero attached hydrogens (tertiary/aromatic N) is 4. The molecule has 3 heterocycles. The Kier molecular flexibility index (Phi) is 5.97. The molecule has 4 rings (SSSR count). The molecule has 2 aromatic rings. The second-order valence-corrected chi connectivity index (χ2v) is 8.64. The summed E-state index contributed by atoms with van der Waals surface area (Å²) in [5, 5.41) is 4.43. The molecule has 0 amide bonds. The van der Waals surface area contributed by atoms with E-state index in [0.29, 0.717) is 6.04 Å². The minimum atomic E-state index is 0.0862. The van der Waals surface area contributed by atoms with Gasteiger partial charge in [-0.15, -0.1) is 0 Å². The van der Waals surface area contributed by atoms with E-state index in [1.165, 1.54) is 31.4 Å². The first-order valence-electron chi connectivity index (χ1n) is 10.4. The fourth-order valence-corrected chi connectivity index (χ4v) is 5.03. The molecular weight excluding hydrogens is 366 g/mol. The van der Waals surface area contributed by atoms with Gasteiger partial charge in [0.1, 0.15) is 0 Å². The van der Waals surface area contributed by atoms with Crippen LogP contribution in [0.4, 0.5) is 0 Å². The summed E-state index contributed by atoms with van der Waals surface area (Å²) in [6, 6.07) is 11.5. The molecular formula is C22H31N5S. The van der Waals surface area contributed by atoms with Crippen molar-refractivity contribution in [3.63, 3.8) is 0 Å². The Morgan fingerprint density at radius 3 is 2.71 bits per heavy atom. The smallest absolute Gasteiger partial charge is 0.170 e. The number of nitrogens with one attached hydrogen (secondary N) is 1. The van der Waals surface area contributed by atoms with Crippen LogP contribution in [0.1, 0.15) is 61.6 Å². The third-order valence-electron chi connectivity index (χ3n) is 6.04. The van der Waals surface area contributed by atoms with E-state index in [1.807, 2.05) is 12.3 Å². The zero-order valence-electron chi connectivity index (χ0n) is 16.9. The Morgan fingerprint density at radius 2 is 2.00 bits per heavy atom. The van der Waals surface area contributed by atoms with Crippen molar-refractivity contribution in [1.29, 1.82) is 0 Å². The third-order valence-corrected chi connectivity index (χ3v) is 6.39. The summed E-state index contributed by atoms with van der Waals surface area (Å²) >= 11 is 5.79. The van der Waals surface area contributed by atoms with Gasteiger partial charge in [0.15, 0.2) is 5.11 Å². The largest absolute Gasteiger partial charge is 0.352 e. The Hall–Kier alpha value is -1.92. The molecule has 28 heavy (non-hydrogen) atoms. The molecule has 1 N–H and O–H groups in total. The van der Waals surface area contributed by atoms with Crippen LogP contribution >= 0.6 is 12.2 Å². The molecule has 2 atom stereocenters. The van der Waals surface area contributed by atoms with Gasteiger partial charge in [-0.25, -0.2) is 0 Å². The average molecular weight is 398 g/mol. The lowest BCUT2D eigenvalue weighted by molar-refractivity contribution is 0.278. The van der Waals surface area contributed by atoms with E-state index in [1.54, 1.807) is 0 Å². The molecule has 5 nitrogen and oxygen atoms in total. The van der Waals surface area contributed by atoms with Gasteiger partial charge in [-0.3, -0.25) is 4.98 Å². The summed E-state index contributed by atoms with van der Waals surface area (Å²) in [7, 11) is 4.25. The summed E-state index contributed by atoms with van der Waals surface area (Å²) in [4.78, 5) is 9.28. The van der Waals surface area contributed by atoms with Gasteiger partial charge in [0.05, 0.1) is 17.8 Å². The molecule has 150 valence electrons. The van der Waals surface area contributed by atoms with Crippen molar-refractivity contribution in [2.45, 2.75) is 50.2 Å². The van der Waals surface area contributed by atoms with Crippen LogP contribution in [0.3, 0.4) is 0 Å². The molecule has 0 unspecified atom stereocenters. The predicted octanol–water partition coefficient (Wildman–Crippen LogP) is 3.92. The first-order chi connectivity index (χ1) is 13.6. The lowest BCUT2D eigenvalue weighted by Gasteiger charge is -2.30. The van der Waals surface area contributed by atoms with Crippen LogP contribution in [0.25, 0.3) is 0 Å². The standard InChI is InChI=1S/C22H31N5S/c1-25(2)14-8-16-27-21(19-12-7-15-26(19)17-9-3-4-10-17)20(24-22(27)28)18-11-5-6-13-23-18/h5-7,11-13,15,17,20-21H,3-4,8-10,14,16H2,1-2H3,(H,24,28)/t20-,21+/m0/s1. The lowest BCUT2D eigenvalue weighted by Crippen LogP contribution is -2.33. The maximum atomic E-state index is 5.79. The van der Waals surface area contributed by atoms with Crippen molar-refractivity contribution in [3.8, 4) is 0 Å². The number of aromatic nitrogens is 2. The van der Waals surface area contributed by atoms with Crippen molar-refractivity contribution in [1.82, 2.24) is 24.7 Å². The van der Waals surface area contributed by atoms with E-state index >= 15 is 0 Å². The van der Waals surface area contributed by atoms with Crippen LogP contribution in [-0.4, -0.2) is 51.6 Å². The fourth-order valence-electron chi connectivity index (χ4n) is 4.70. The van der Waals surface area contributed by atoms with Crippen molar-refractivity contribution >= 4 is 17.3 Å². The highest BCUT2D eigenvalue weighted by molar-refractivity contribution is 7.80. The van der Waals surface area contributed by atoms with Gasteiger partial charge < -0.3 is 19.7 Å². The zero-order chi connectivity index (χ0) is 19.5. The van der Waals surface area contributed by atoms with E-state index in [0.717, 1.165) is 30.3 Å². The molecule has 2 aliphatic rings. The van der Waals surface area contributed by atoms with Crippen LogP contribution in [0.15, 0.2) is 42.7 Å². The minimum Gasteiger partial charge on any atom is -0.352 e. The first kappa shape index (κ1) is 19.4. The highest BCUT2D eigenvalue weighted by Gasteiger charge is 2.41. The Bertz CT molecular complexity index is 781. The van der Waals surface area contributed by atoms with Gasteiger partial charge in [0, 0.05) is 30.7 Å². The number of hydrogen-bond donors (Lipinski definition) is 1. The normalized spacial score (nSPS) is 23.0. The van der Waals surface area contributed by atoms with Crippen molar-refractivity contribution in [2.24, 2.45) is 0 Å². The quantitative estimate of drug-likeness (QED) is 0.717. The number of rotatable bonds is 7. The molecule has 6 heteroatoms. The van der Waals surface area contributed by atoms with Crippen LogP contribution in [0, 0.1) is 0 Å². The van der Waals surface area contributed by atoms with Crippen LogP contribution < -0.4 is 5.32 Å². The molecule has 1 saturated carbocycles. The van der Waals surface area contributed by atoms with Gasteiger partial charge in [-0.2, -0.15) is 0 Å². The van der Waals surface area contributed by atoms with E-state index in [2.05, 4.69) is 69.2 Å².